The van der Waals surface area contributed by atoms with Crippen molar-refractivity contribution >= 4 is 15.7 Å². The van der Waals surface area contributed by atoms with Gasteiger partial charge in [-0.25, -0.2) is 17.5 Å². The molecule has 1 atom stereocenters. The average molecular weight is 303 g/mol. The van der Waals surface area contributed by atoms with Crippen LogP contribution in [0, 0.1) is 19.7 Å². The van der Waals surface area contributed by atoms with Crippen molar-refractivity contribution in [3.05, 3.63) is 23.0 Å². The van der Waals surface area contributed by atoms with E-state index in [9.17, 15) is 12.8 Å². The van der Waals surface area contributed by atoms with Crippen LogP contribution in [0.3, 0.4) is 0 Å². The van der Waals surface area contributed by atoms with E-state index in [1.807, 2.05) is 25.9 Å². The number of halogens is 1. The number of nitrogen functional groups attached to an aromatic ring is 1. The Morgan fingerprint density at radius 3 is 2.45 bits per heavy atom. The van der Waals surface area contributed by atoms with Crippen molar-refractivity contribution in [2.24, 2.45) is 0 Å². The summed E-state index contributed by atoms with van der Waals surface area (Å²) in [5.74, 6) is -0.597. The molecule has 0 aliphatic rings. The Balaban J connectivity index is 3.14. The van der Waals surface area contributed by atoms with Gasteiger partial charge >= 0.3 is 0 Å². The molecule has 0 aliphatic heterocycles. The molecule has 114 valence electrons. The summed E-state index contributed by atoms with van der Waals surface area (Å²) in [6.07, 6.45) is 0. The Morgan fingerprint density at radius 2 is 1.95 bits per heavy atom. The maximum Gasteiger partial charge on any atom is 0.241 e. The van der Waals surface area contributed by atoms with Crippen molar-refractivity contribution in [2.75, 3.05) is 26.4 Å². The number of nitrogens with zero attached hydrogens (tertiary/aromatic N) is 1. The van der Waals surface area contributed by atoms with Crippen LogP contribution in [0.15, 0.2) is 11.0 Å². The van der Waals surface area contributed by atoms with Crippen LogP contribution in [-0.2, 0) is 10.0 Å². The lowest BCUT2D eigenvalue weighted by molar-refractivity contribution is 0.314. The molecule has 0 aliphatic carbocycles. The lowest BCUT2D eigenvalue weighted by Gasteiger charge is -2.21. The number of nitrogens with two attached hydrogens (primary N) is 1. The number of sulfonamides is 1. The highest BCUT2D eigenvalue weighted by atomic mass is 32.2. The molecule has 0 radical (unpaired) electrons. The Hall–Kier alpha value is -1.18. The van der Waals surface area contributed by atoms with Gasteiger partial charge in [-0.1, -0.05) is 0 Å². The van der Waals surface area contributed by atoms with Crippen LogP contribution in [-0.4, -0.2) is 40.0 Å². The highest BCUT2D eigenvalue weighted by molar-refractivity contribution is 7.89. The molecule has 1 rings (SSSR count). The van der Waals surface area contributed by atoms with E-state index in [-0.39, 0.29) is 28.7 Å². The van der Waals surface area contributed by atoms with Gasteiger partial charge in [0.05, 0.1) is 10.6 Å². The summed E-state index contributed by atoms with van der Waals surface area (Å²) < 4.78 is 40.7. The molecule has 0 saturated carbocycles. The second kappa shape index (κ2) is 6.07. The number of aryl methyl sites for hydroxylation is 1. The van der Waals surface area contributed by atoms with E-state index in [0.29, 0.717) is 5.56 Å². The highest BCUT2D eigenvalue weighted by Gasteiger charge is 2.23. The Morgan fingerprint density at radius 1 is 1.40 bits per heavy atom. The van der Waals surface area contributed by atoms with Gasteiger partial charge in [0.2, 0.25) is 10.0 Å². The Labute approximate surface area is 120 Å². The number of anilines is 1. The predicted molar refractivity (Wildman–Crippen MR) is 78.6 cm³/mol. The second-order valence-electron chi connectivity index (χ2n) is 5.21. The quantitative estimate of drug-likeness (QED) is 0.803. The highest BCUT2D eigenvalue weighted by Crippen LogP contribution is 2.27. The van der Waals surface area contributed by atoms with Gasteiger partial charge in [-0.05, 0) is 52.1 Å². The first kappa shape index (κ1) is 16.9. The van der Waals surface area contributed by atoms with Crippen LogP contribution in [0.4, 0.5) is 10.1 Å². The molecule has 1 aromatic carbocycles. The summed E-state index contributed by atoms with van der Waals surface area (Å²) in [6, 6.07) is 1.19. The van der Waals surface area contributed by atoms with E-state index in [4.69, 9.17) is 5.73 Å². The van der Waals surface area contributed by atoms with Gasteiger partial charge in [0.1, 0.15) is 5.82 Å². The molecule has 0 heterocycles. The van der Waals surface area contributed by atoms with Gasteiger partial charge in [-0.2, -0.15) is 0 Å². The van der Waals surface area contributed by atoms with E-state index in [1.165, 1.54) is 6.92 Å². The van der Waals surface area contributed by atoms with Crippen molar-refractivity contribution in [3.8, 4) is 0 Å². The fraction of sp³-hybridized carbons (Fsp3) is 0.538. The third kappa shape index (κ3) is 3.47. The van der Waals surface area contributed by atoms with Gasteiger partial charge < -0.3 is 10.6 Å². The molecule has 0 amide bonds. The minimum absolute atomic E-state index is 0.0446. The molecule has 5 nitrogen and oxygen atoms in total. The fourth-order valence-electron chi connectivity index (χ4n) is 1.83. The van der Waals surface area contributed by atoms with E-state index in [2.05, 4.69) is 4.72 Å². The summed E-state index contributed by atoms with van der Waals surface area (Å²) in [7, 11) is 0.0200. The minimum Gasteiger partial charge on any atom is -0.396 e. The van der Waals surface area contributed by atoms with E-state index in [0.717, 1.165) is 6.07 Å². The molecule has 7 heteroatoms. The number of likely N-dealkylation sites (N-methyl/N-ethyl adjacent to an activating group) is 1. The van der Waals surface area contributed by atoms with Crippen LogP contribution in [0.2, 0.25) is 0 Å². The van der Waals surface area contributed by atoms with Crippen molar-refractivity contribution in [1.82, 2.24) is 9.62 Å². The zero-order valence-corrected chi connectivity index (χ0v) is 13.3. The monoisotopic (exact) mass is 303 g/mol. The average Bonchev–Trinajstić information content (AvgIpc) is 2.32. The molecule has 0 spiro atoms. The largest absolute Gasteiger partial charge is 0.396 e. The zero-order valence-electron chi connectivity index (χ0n) is 12.5. The van der Waals surface area contributed by atoms with Gasteiger partial charge in [-0.3, -0.25) is 0 Å². The third-order valence-electron chi connectivity index (χ3n) is 3.42. The molecular weight excluding hydrogens is 281 g/mol. The molecule has 1 unspecified atom stereocenters. The van der Waals surface area contributed by atoms with Gasteiger partial charge in [-0.15, -0.1) is 0 Å². The molecule has 0 aromatic heterocycles. The fourth-order valence-corrected chi connectivity index (χ4v) is 3.43. The van der Waals surface area contributed by atoms with Gasteiger partial charge in [0, 0.05) is 12.6 Å². The number of rotatable bonds is 5. The normalized spacial score (nSPS) is 13.8. The van der Waals surface area contributed by atoms with E-state index < -0.39 is 15.8 Å². The van der Waals surface area contributed by atoms with Crippen LogP contribution in [0.25, 0.3) is 0 Å². The number of hydrogen-bond donors (Lipinski definition) is 2. The van der Waals surface area contributed by atoms with Crippen molar-refractivity contribution < 1.29 is 12.8 Å². The number of nitrogens with one attached hydrogen (secondary N) is 1. The Bertz CT molecular complexity index is 600. The smallest absolute Gasteiger partial charge is 0.241 e. The first-order chi connectivity index (χ1) is 9.08. The van der Waals surface area contributed by atoms with Crippen LogP contribution < -0.4 is 10.5 Å². The third-order valence-corrected chi connectivity index (χ3v) is 5.13. The predicted octanol–water partition coefficient (Wildman–Crippen LogP) is 1.25. The van der Waals surface area contributed by atoms with Crippen LogP contribution >= 0.6 is 0 Å². The summed E-state index contributed by atoms with van der Waals surface area (Å²) in [4.78, 5) is 1.96. The first-order valence-corrected chi connectivity index (χ1v) is 7.77. The topological polar surface area (TPSA) is 75.4 Å². The van der Waals surface area contributed by atoms with Gasteiger partial charge in [0.15, 0.2) is 0 Å². The summed E-state index contributed by atoms with van der Waals surface area (Å²) in [6.45, 7) is 5.24. The van der Waals surface area contributed by atoms with Gasteiger partial charge in [0.25, 0.3) is 0 Å². The molecule has 0 saturated heterocycles. The lowest BCUT2D eigenvalue weighted by Crippen LogP contribution is -2.38. The number of hydrogen-bond acceptors (Lipinski definition) is 4. The van der Waals surface area contributed by atoms with Crippen LogP contribution in [0.1, 0.15) is 18.1 Å². The maximum absolute atomic E-state index is 13.5. The van der Waals surface area contributed by atoms with E-state index >= 15 is 0 Å². The zero-order chi connectivity index (χ0) is 15.7. The molecule has 3 N–H and O–H groups in total. The van der Waals surface area contributed by atoms with Crippen LogP contribution in [0.5, 0.6) is 0 Å². The molecule has 0 bridgehead atoms. The van der Waals surface area contributed by atoms with Crippen molar-refractivity contribution in [1.29, 1.82) is 0 Å². The number of benzene rings is 1. The molecular formula is C13H22FN3O2S. The standard InChI is InChI=1S/C13H22FN3O2S/c1-8-6-11(14)12(15)10(3)13(8)20(18,19)16-7-9(2)17(4)5/h6,9,16H,7,15H2,1-5H3. The summed E-state index contributed by atoms with van der Waals surface area (Å²) >= 11 is 0. The van der Waals surface area contributed by atoms with E-state index in [1.54, 1.807) is 6.92 Å². The van der Waals surface area contributed by atoms with Crippen molar-refractivity contribution in [3.63, 3.8) is 0 Å². The first-order valence-electron chi connectivity index (χ1n) is 6.29. The SMILES string of the molecule is Cc1cc(F)c(N)c(C)c1S(=O)(=O)NCC(C)N(C)C. The molecule has 20 heavy (non-hydrogen) atoms. The lowest BCUT2D eigenvalue weighted by atomic mass is 10.1. The summed E-state index contributed by atoms with van der Waals surface area (Å²) in [5, 5.41) is 0. The minimum atomic E-state index is -3.71. The Kier molecular flexibility index (Phi) is 5.12. The molecule has 0 fully saturated rings. The molecule has 1 aromatic rings. The van der Waals surface area contributed by atoms with Crippen molar-refractivity contribution in [2.45, 2.75) is 31.7 Å². The second-order valence-corrected chi connectivity index (χ2v) is 6.91. The maximum atomic E-state index is 13.5. The summed E-state index contributed by atoms with van der Waals surface area (Å²) in [5.41, 5.74) is 6.04.